The van der Waals surface area contributed by atoms with Gasteiger partial charge >= 0.3 is 0 Å². The molecule has 19 heavy (non-hydrogen) atoms. The lowest BCUT2D eigenvalue weighted by atomic mass is 10.2. The van der Waals surface area contributed by atoms with Crippen molar-refractivity contribution in [3.05, 3.63) is 21.4 Å². The minimum atomic E-state index is 0.149. The second-order valence-corrected chi connectivity index (χ2v) is 6.42. The van der Waals surface area contributed by atoms with Crippen molar-refractivity contribution in [3.8, 4) is 0 Å². The number of aryl methyl sites for hydroxylation is 2. The molecule has 106 valence electrons. The number of rotatable bonds is 4. The number of carbonyl (C=O) groups excluding carboxylic acids is 1. The molecule has 1 N–H and O–H groups in total. The van der Waals surface area contributed by atoms with Crippen LogP contribution in [0.25, 0.3) is 0 Å². The maximum Gasteiger partial charge on any atom is 0.263 e. The topological polar surface area (TPSA) is 35.6 Å². The van der Waals surface area contributed by atoms with Gasteiger partial charge < -0.3 is 10.2 Å². The molecule has 0 bridgehead atoms. The van der Waals surface area contributed by atoms with Crippen molar-refractivity contribution in [1.29, 1.82) is 0 Å². The Morgan fingerprint density at radius 1 is 1.42 bits per heavy atom. The van der Waals surface area contributed by atoms with Crippen LogP contribution in [0.3, 0.4) is 0 Å². The van der Waals surface area contributed by atoms with E-state index in [1.165, 1.54) is 10.4 Å². The number of thiophene rings is 1. The van der Waals surface area contributed by atoms with E-state index in [0.29, 0.717) is 0 Å². The fourth-order valence-corrected chi connectivity index (χ4v) is 3.22. The number of hydrogen-bond donors (Lipinski definition) is 1. The molecule has 4 nitrogen and oxygen atoms in total. The average molecular weight is 281 g/mol. The molecule has 0 radical (unpaired) electrons. The van der Waals surface area contributed by atoms with Crippen LogP contribution in [0.15, 0.2) is 6.07 Å². The SMILES string of the molecule is Cc1cc(C(=O)N(C)CCN2CCNCC2)sc1C. The lowest BCUT2D eigenvalue weighted by molar-refractivity contribution is 0.0779. The van der Waals surface area contributed by atoms with E-state index < -0.39 is 0 Å². The minimum absolute atomic E-state index is 0.149. The third kappa shape index (κ3) is 3.78. The summed E-state index contributed by atoms with van der Waals surface area (Å²) in [7, 11) is 1.90. The third-order valence-corrected chi connectivity index (χ3v) is 4.83. The fraction of sp³-hybridized carbons (Fsp3) is 0.643. The summed E-state index contributed by atoms with van der Waals surface area (Å²) in [6.45, 7) is 10.2. The van der Waals surface area contributed by atoms with Gasteiger partial charge in [0, 0.05) is 51.2 Å². The molecule has 0 aromatic carbocycles. The second kappa shape index (κ2) is 6.50. The summed E-state index contributed by atoms with van der Waals surface area (Å²) in [5.41, 5.74) is 1.21. The predicted octanol–water partition coefficient (Wildman–Crippen LogP) is 1.34. The molecule has 0 unspecified atom stereocenters. The molecule has 1 aromatic heterocycles. The van der Waals surface area contributed by atoms with Gasteiger partial charge in [0.1, 0.15) is 0 Å². The van der Waals surface area contributed by atoms with Gasteiger partial charge in [0.25, 0.3) is 5.91 Å². The van der Waals surface area contributed by atoms with Crippen molar-refractivity contribution in [2.75, 3.05) is 46.3 Å². The Bertz CT molecular complexity index is 418. The largest absolute Gasteiger partial charge is 0.340 e. The molecular formula is C14H23N3OS. The lowest BCUT2D eigenvalue weighted by Gasteiger charge is -2.29. The van der Waals surface area contributed by atoms with Crippen molar-refractivity contribution in [2.45, 2.75) is 13.8 Å². The van der Waals surface area contributed by atoms with Crippen LogP contribution in [0.2, 0.25) is 0 Å². The molecule has 0 aliphatic carbocycles. The summed E-state index contributed by atoms with van der Waals surface area (Å²) < 4.78 is 0. The Labute approximate surface area is 119 Å². The summed E-state index contributed by atoms with van der Waals surface area (Å²) in [6, 6.07) is 2.00. The molecule has 1 fully saturated rings. The predicted molar refractivity (Wildman–Crippen MR) is 80.1 cm³/mol. The monoisotopic (exact) mass is 281 g/mol. The standard InChI is InChI=1S/C14H23N3OS/c1-11-10-13(19-12(11)2)14(18)16(3)8-9-17-6-4-15-5-7-17/h10,15H,4-9H2,1-3H3. The zero-order valence-electron chi connectivity index (χ0n) is 12.0. The summed E-state index contributed by atoms with van der Waals surface area (Å²) in [5.74, 6) is 0.149. The highest BCUT2D eigenvalue weighted by atomic mass is 32.1. The van der Waals surface area contributed by atoms with Gasteiger partial charge in [-0.2, -0.15) is 0 Å². The molecule has 1 aliphatic rings. The highest BCUT2D eigenvalue weighted by Crippen LogP contribution is 2.21. The number of hydrogen-bond acceptors (Lipinski definition) is 4. The first kappa shape index (κ1) is 14.5. The van der Waals surface area contributed by atoms with Crippen LogP contribution in [0.1, 0.15) is 20.1 Å². The molecule has 5 heteroatoms. The highest BCUT2D eigenvalue weighted by molar-refractivity contribution is 7.14. The summed E-state index contributed by atoms with van der Waals surface area (Å²) >= 11 is 1.60. The fourth-order valence-electron chi connectivity index (χ4n) is 2.19. The molecule has 2 heterocycles. The first-order valence-electron chi connectivity index (χ1n) is 6.83. The van der Waals surface area contributed by atoms with Crippen molar-refractivity contribution >= 4 is 17.2 Å². The zero-order chi connectivity index (χ0) is 13.8. The number of nitrogens with one attached hydrogen (secondary N) is 1. The Morgan fingerprint density at radius 2 is 2.11 bits per heavy atom. The Morgan fingerprint density at radius 3 is 2.68 bits per heavy atom. The van der Waals surface area contributed by atoms with Crippen molar-refractivity contribution in [3.63, 3.8) is 0 Å². The summed E-state index contributed by atoms with van der Waals surface area (Å²) in [5, 5.41) is 3.34. The number of piperazine rings is 1. The van der Waals surface area contributed by atoms with Crippen LogP contribution >= 0.6 is 11.3 Å². The smallest absolute Gasteiger partial charge is 0.263 e. The van der Waals surface area contributed by atoms with Crippen LogP contribution in [-0.4, -0.2) is 62.0 Å². The van der Waals surface area contributed by atoms with Gasteiger partial charge in [-0.1, -0.05) is 0 Å². The van der Waals surface area contributed by atoms with E-state index in [0.717, 1.165) is 44.1 Å². The second-order valence-electron chi connectivity index (χ2n) is 5.17. The molecule has 2 rings (SSSR count). The summed E-state index contributed by atoms with van der Waals surface area (Å²) in [6.07, 6.45) is 0. The van der Waals surface area contributed by atoms with Crippen molar-refractivity contribution in [2.24, 2.45) is 0 Å². The molecule has 1 aromatic rings. The van der Waals surface area contributed by atoms with E-state index in [9.17, 15) is 4.79 Å². The zero-order valence-corrected chi connectivity index (χ0v) is 12.8. The first-order valence-corrected chi connectivity index (χ1v) is 7.65. The van der Waals surface area contributed by atoms with Gasteiger partial charge in [0.05, 0.1) is 4.88 Å². The molecule has 1 saturated heterocycles. The average Bonchev–Trinajstić information content (AvgIpc) is 2.76. The van der Waals surface area contributed by atoms with Crippen LogP contribution in [-0.2, 0) is 0 Å². The van der Waals surface area contributed by atoms with Crippen molar-refractivity contribution < 1.29 is 4.79 Å². The van der Waals surface area contributed by atoms with Gasteiger partial charge in [-0.25, -0.2) is 0 Å². The van der Waals surface area contributed by atoms with Crippen LogP contribution in [0.5, 0.6) is 0 Å². The van der Waals surface area contributed by atoms with Gasteiger partial charge in [-0.3, -0.25) is 9.69 Å². The van der Waals surface area contributed by atoms with E-state index in [4.69, 9.17) is 0 Å². The normalized spacial score (nSPS) is 16.6. The van der Waals surface area contributed by atoms with Gasteiger partial charge in [0.2, 0.25) is 0 Å². The number of carbonyl (C=O) groups is 1. The summed E-state index contributed by atoms with van der Waals surface area (Å²) in [4.78, 5) is 18.6. The minimum Gasteiger partial charge on any atom is -0.340 e. The van der Waals surface area contributed by atoms with Gasteiger partial charge in [-0.05, 0) is 25.5 Å². The van der Waals surface area contributed by atoms with Crippen LogP contribution in [0.4, 0.5) is 0 Å². The molecule has 0 saturated carbocycles. The van der Waals surface area contributed by atoms with E-state index in [-0.39, 0.29) is 5.91 Å². The number of amides is 1. The van der Waals surface area contributed by atoms with Gasteiger partial charge in [0.15, 0.2) is 0 Å². The molecule has 0 spiro atoms. The van der Waals surface area contributed by atoms with E-state index >= 15 is 0 Å². The van der Waals surface area contributed by atoms with Gasteiger partial charge in [-0.15, -0.1) is 11.3 Å². The molecule has 1 amide bonds. The third-order valence-electron chi connectivity index (χ3n) is 3.68. The Hall–Kier alpha value is -0.910. The number of nitrogens with zero attached hydrogens (tertiary/aromatic N) is 2. The lowest BCUT2D eigenvalue weighted by Crippen LogP contribution is -2.46. The maximum absolute atomic E-state index is 12.3. The maximum atomic E-state index is 12.3. The highest BCUT2D eigenvalue weighted by Gasteiger charge is 2.16. The molecule has 0 atom stereocenters. The quantitative estimate of drug-likeness (QED) is 0.905. The Balaban J connectivity index is 1.85. The van der Waals surface area contributed by atoms with E-state index in [1.54, 1.807) is 11.3 Å². The van der Waals surface area contributed by atoms with E-state index in [2.05, 4.69) is 24.1 Å². The van der Waals surface area contributed by atoms with Crippen molar-refractivity contribution in [1.82, 2.24) is 15.1 Å². The molecule has 1 aliphatic heterocycles. The number of likely N-dealkylation sites (N-methyl/N-ethyl adjacent to an activating group) is 1. The van der Waals surface area contributed by atoms with Crippen LogP contribution < -0.4 is 5.32 Å². The van der Waals surface area contributed by atoms with Crippen LogP contribution in [0, 0.1) is 13.8 Å². The molecular weight excluding hydrogens is 258 g/mol. The first-order chi connectivity index (χ1) is 9.08. The Kier molecular flexibility index (Phi) is 4.96. The van der Waals surface area contributed by atoms with E-state index in [1.807, 2.05) is 18.0 Å².